The van der Waals surface area contributed by atoms with E-state index in [0.717, 1.165) is 0 Å². The number of aromatic nitrogens is 2. The highest BCUT2D eigenvalue weighted by Crippen LogP contribution is 2.35. The molecular formula is C11H7Cl2FN2O2. The SMILES string of the molecule is COc1c(Cl)ccc(Oc2ccnc(Cl)n2)c1F. The summed E-state index contributed by atoms with van der Waals surface area (Å²) in [6, 6.07) is 4.28. The van der Waals surface area contributed by atoms with Crippen LogP contribution in [0.3, 0.4) is 0 Å². The molecule has 0 saturated carbocycles. The Morgan fingerprint density at radius 2 is 2.00 bits per heavy atom. The van der Waals surface area contributed by atoms with Crippen LogP contribution in [0.5, 0.6) is 17.4 Å². The summed E-state index contributed by atoms with van der Waals surface area (Å²) >= 11 is 11.4. The van der Waals surface area contributed by atoms with Crippen LogP contribution in [0, 0.1) is 5.82 Å². The van der Waals surface area contributed by atoms with Crippen LogP contribution in [0.1, 0.15) is 0 Å². The zero-order valence-electron chi connectivity index (χ0n) is 9.15. The maximum atomic E-state index is 13.9. The number of benzene rings is 1. The molecule has 7 heteroatoms. The lowest BCUT2D eigenvalue weighted by Crippen LogP contribution is -1.95. The third kappa shape index (κ3) is 2.63. The lowest BCUT2D eigenvalue weighted by molar-refractivity contribution is 0.365. The summed E-state index contributed by atoms with van der Waals surface area (Å²) in [5, 5.41) is 0.164. The Hall–Kier alpha value is -1.59. The summed E-state index contributed by atoms with van der Waals surface area (Å²) in [4.78, 5) is 7.47. The Morgan fingerprint density at radius 1 is 1.22 bits per heavy atom. The predicted octanol–water partition coefficient (Wildman–Crippen LogP) is 3.72. The normalized spacial score (nSPS) is 10.2. The van der Waals surface area contributed by atoms with Gasteiger partial charge in [0.1, 0.15) is 0 Å². The maximum absolute atomic E-state index is 13.9. The minimum atomic E-state index is -0.709. The highest BCUT2D eigenvalue weighted by atomic mass is 35.5. The maximum Gasteiger partial charge on any atom is 0.225 e. The fourth-order valence-corrected chi connectivity index (χ4v) is 1.63. The fourth-order valence-electron chi connectivity index (χ4n) is 1.27. The van der Waals surface area contributed by atoms with Gasteiger partial charge >= 0.3 is 0 Å². The van der Waals surface area contributed by atoms with Crippen molar-refractivity contribution in [3.63, 3.8) is 0 Å². The molecule has 94 valence electrons. The topological polar surface area (TPSA) is 44.2 Å². The molecule has 0 fully saturated rings. The third-order valence-corrected chi connectivity index (χ3v) is 2.51. The largest absolute Gasteiger partial charge is 0.492 e. The zero-order valence-corrected chi connectivity index (χ0v) is 10.7. The number of methoxy groups -OCH3 is 1. The molecule has 0 saturated heterocycles. The van der Waals surface area contributed by atoms with E-state index in [2.05, 4.69) is 9.97 Å². The Morgan fingerprint density at radius 3 is 2.67 bits per heavy atom. The van der Waals surface area contributed by atoms with E-state index in [4.69, 9.17) is 32.7 Å². The molecule has 2 rings (SSSR count). The van der Waals surface area contributed by atoms with Crippen molar-refractivity contribution in [2.45, 2.75) is 0 Å². The number of ether oxygens (including phenoxy) is 2. The molecule has 0 aliphatic heterocycles. The first-order chi connectivity index (χ1) is 8.61. The average molecular weight is 289 g/mol. The summed E-state index contributed by atoms with van der Waals surface area (Å²) in [7, 11) is 1.32. The second kappa shape index (κ2) is 5.37. The highest BCUT2D eigenvalue weighted by Gasteiger charge is 2.15. The van der Waals surface area contributed by atoms with Gasteiger partial charge in [0.05, 0.1) is 12.1 Å². The number of halogens is 3. The minimum Gasteiger partial charge on any atom is -0.492 e. The molecule has 0 unspecified atom stereocenters. The molecule has 0 atom stereocenters. The quantitative estimate of drug-likeness (QED) is 0.808. The smallest absolute Gasteiger partial charge is 0.225 e. The van der Waals surface area contributed by atoms with Gasteiger partial charge in [-0.2, -0.15) is 9.37 Å². The summed E-state index contributed by atoms with van der Waals surface area (Å²) in [6.45, 7) is 0. The van der Waals surface area contributed by atoms with E-state index < -0.39 is 5.82 Å². The summed E-state index contributed by atoms with van der Waals surface area (Å²) < 4.78 is 24.0. The molecule has 0 aliphatic carbocycles. The van der Waals surface area contributed by atoms with Crippen molar-refractivity contribution in [2.24, 2.45) is 0 Å². The molecule has 1 aromatic heterocycles. The fraction of sp³-hybridized carbons (Fsp3) is 0.0909. The molecule has 0 bridgehead atoms. The Bertz CT molecular complexity index is 581. The molecule has 0 spiro atoms. The van der Waals surface area contributed by atoms with Crippen LogP contribution < -0.4 is 9.47 Å². The molecular weight excluding hydrogens is 282 g/mol. The van der Waals surface area contributed by atoms with Crippen LogP contribution in [0.4, 0.5) is 4.39 Å². The standard InChI is InChI=1S/C11H7Cl2FN2O2/c1-17-10-6(12)2-3-7(9(10)14)18-8-4-5-15-11(13)16-8/h2-5H,1H3. The van der Waals surface area contributed by atoms with Crippen molar-refractivity contribution in [3.8, 4) is 17.4 Å². The lowest BCUT2D eigenvalue weighted by Gasteiger charge is -2.09. The van der Waals surface area contributed by atoms with Gasteiger partial charge in [-0.3, -0.25) is 0 Å². The first-order valence-electron chi connectivity index (χ1n) is 4.80. The van der Waals surface area contributed by atoms with Crippen molar-refractivity contribution >= 4 is 23.2 Å². The van der Waals surface area contributed by atoms with Crippen LogP contribution in [0.15, 0.2) is 24.4 Å². The van der Waals surface area contributed by atoms with Crippen molar-refractivity contribution < 1.29 is 13.9 Å². The van der Waals surface area contributed by atoms with Gasteiger partial charge in [0.25, 0.3) is 0 Å². The van der Waals surface area contributed by atoms with Crippen LogP contribution in [0.25, 0.3) is 0 Å². The van der Waals surface area contributed by atoms with Gasteiger partial charge in [-0.25, -0.2) is 4.98 Å². The van der Waals surface area contributed by atoms with E-state index in [0.29, 0.717) is 0 Å². The van der Waals surface area contributed by atoms with E-state index in [1.165, 1.54) is 31.5 Å². The number of hydrogen-bond acceptors (Lipinski definition) is 4. The van der Waals surface area contributed by atoms with E-state index >= 15 is 0 Å². The predicted molar refractivity (Wildman–Crippen MR) is 65.1 cm³/mol. The Kier molecular flexibility index (Phi) is 3.84. The first kappa shape index (κ1) is 12.9. The lowest BCUT2D eigenvalue weighted by atomic mass is 10.3. The molecule has 0 aliphatic rings. The molecule has 1 aromatic carbocycles. The van der Waals surface area contributed by atoms with Gasteiger partial charge in [0.15, 0.2) is 11.5 Å². The van der Waals surface area contributed by atoms with E-state index in [9.17, 15) is 4.39 Å². The molecule has 0 radical (unpaired) electrons. The van der Waals surface area contributed by atoms with Gasteiger partial charge in [0, 0.05) is 12.3 Å². The van der Waals surface area contributed by atoms with Gasteiger partial charge in [-0.05, 0) is 23.7 Å². The van der Waals surface area contributed by atoms with Gasteiger partial charge in [-0.15, -0.1) is 0 Å². The first-order valence-corrected chi connectivity index (χ1v) is 5.56. The van der Waals surface area contributed by atoms with Crippen LogP contribution in [-0.4, -0.2) is 17.1 Å². The molecule has 0 amide bonds. The van der Waals surface area contributed by atoms with Crippen LogP contribution in [-0.2, 0) is 0 Å². The summed E-state index contributed by atoms with van der Waals surface area (Å²) in [6.07, 6.45) is 1.40. The number of nitrogens with zero attached hydrogens (tertiary/aromatic N) is 2. The van der Waals surface area contributed by atoms with Crippen molar-refractivity contribution in [1.29, 1.82) is 0 Å². The molecule has 1 heterocycles. The monoisotopic (exact) mass is 288 g/mol. The number of hydrogen-bond donors (Lipinski definition) is 0. The average Bonchev–Trinajstić information content (AvgIpc) is 2.34. The molecule has 4 nitrogen and oxygen atoms in total. The van der Waals surface area contributed by atoms with Crippen molar-refractivity contribution in [2.75, 3.05) is 7.11 Å². The Balaban J connectivity index is 2.35. The third-order valence-electron chi connectivity index (χ3n) is 2.03. The summed E-state index contributed by atoms with van der Waals surface area (Å²) in [5.41, 5.74) is 0. The molecule has 18 heavy (non-hydrogen) atoms. The molecule has 0 N–H and O–H groups in total. The van der Waals surface area contributed by atoms with Crippen LogP contribution >= 0.6 is 23.2 Å². The van der Waals surface area contributed by atoms with Gasteiger partial charge in [-0.1, -0.05) is 11.6 Å². The van der Waals surface area contributed by atoms with E-state index in [1.54, 1.807) is 0 Å². The van der Waals surface area contributed by atoms with E-state index in [1.807, 2.05) is 0 Å². The van der Waals surface area contributed by atoms with E-state index in [-0.39, 0.29) is 27.7 Å². The van der Waals surface area contributed by atoms with Crippen molar-refractivity contribution in [1.82, 2.24) is 9.97 Å². The van der Waals surface area contributed by atoms with Crippen molar-refractivity contribution in [3.05, 3.63) is 40.5 Å². The molecule has 2 aromatic rings. The zero-order chi connectivity index (χ0) is 13.1. The minimum absolute atomic E-state index is 0.00818. The Labute approximate surface area is 112 Å². The van der Waals surface area contributed by atoms with Gasteiger partial charge in [0.2, 0.25) is 17.0 Å². The number of rotatable bonds is 3. The summed E-state index contributed by atoms with van der Waals surface area (Å²) in [5.74, 6) is -0.738. The van der Waals surface area contributed by atoms with Gasteiger partial charge < -0.3 is 9.47 Å². The highest BCUT2D eigenvalue weighted by molar-refractivity contribution is 6.32. The second-order valence-electron chi connectivity index (χ2n) is 3.16. The van der Waals surface area contributed by atoms with Crippen LogP contribution in [0.2, 0.25) is 10.3 Å². The second-order valence-corrected chi connectivity index (χ2v) is 3.90.